The second-order valence-electron chi connectivity index (χ2n) is 7.72. The third kappa shape index (κ3) is 4.34. The van der Waals surface area contributed by atoms with Crippen LogP contribution in [-0.4, -0.2) is 41.4 Å². The number of hydrogen-bond donors (Lipinski definition) is 4. The molecule has 8 heteroatoms. The molecule has 0 aromatic heterocycles. The van der Waals surface area contributed by atoms with Crippen molar-refractivity contribution in [2.75, 3.05) is 0 Å². The Labute approximate surface area is 153 Å². The van der Waals surface area contributed by atoms with Crippen molar-refractivity contribution in [3.05, 3.63) is 0 Å². The monoisotopic (exact) mass is 364 g/mol. The second kappa shape index (κ2) is 8.05. The zero-order valence-electron chi connectivity index (χ0n) is 15.1. The number of carbonyl (C=O) groups is 4. The summed E-state index contributed by atoms with van der Waals surface area (Å²) in [6.07, 6.45) is 9.34. The van der Waals surface area contributed by atoms with Gasteiger partial charge in [-0.15, -0.1) is 0 Å². The predicted octanol–water partition coefficient (Wildman–Crippen LogP) is 0.852. The van der Waals surface area contributed by atoms with E-state index in [1.54, 1.807) is 0 Å². The molecule has 3 aliphatic rings. The van der Waals surface area contributed by atoms with E-state index in [9.17, 15) is 19.2 Å². The largest absolute Gasteiger partial charge is 0.351 e. The highest BCUT2D eigenvalue weighted by Gasteiger charge is 2.42. The first kappa shape index (κ1) is 18.7. The Morgan fingerprint density at radius 1 is 1.00 bits per heavy atom. The van der Waals surface area contributed by atoms with E-state index in [2.05, 4.69) is 21.3 Å². The van der Waals surface area contributed by atoms with Crippen molar-refractivity contribution in [3.63, 3.8) is 0 Å². The molecule has 0 radical (unpaired) electrons. The lowest BCUT2D eigenvalue weighted by Gasteiger charge is -2.38. The summed E-state index contributed by atoms with van der Waals surface area (Å²) in [6.45, 7) is 0. The van der Waals surface area contributed by atoms with Crippen molar-refractivity contribution in [1.82, 2.24) is 21.3 Å². The number of rotatable bonds is 5. The summed E-state index contributed by atoms with van der Waals surface area (Å²) in [5.41, 5.74) is -0.897. The maximum absolute atomic E-state index is 13.0. The lowest BCUT2D eigenvalue weighted by molar-refractivity contribution is -0.136. The molecule has 2 aliphatic carbocycles. The van der Waals surface area contributed by atoms with Crippen LogP contribution in [0.1, 0.15) is 70.6 Å². The van der Waals surface area contributed by atoms with Gasteiger partial charge in [0.2, 0.25) is 11.8 Å². The molecule has 144 valence electrons. The van der Waals surface area contributed by atoms with Gasteiger partial charge >= 0.3 is 6.03 Å². The molecule has 0 spiro atoms. The van der Waals surface area contributed by atoms with E-state index in [-0.39, 0.29) is 24.3 Å². The van der Waals surface area contributed by atoms with E-state index < -0.39 is 23.5 Å². The molecular weight excluding hydrogens is 336 g/mol. The molecule has 4 N–H and O–H groups in total. The average molecular weight is 364 g/mol. The summed E-state index contributed by atoms with van der Waals surface area (Å²) in [6, 6.07) is -1.27. The molecule has 0 unspecified atom stereocenters. The van der Waals surface area contributed by atoms with Crippen molar-refractivity contribution in [3.8, 4) is 0 Å². The van der Waals surface area contributed by atoms with Gasteiger partial charge in [-0.25, -0.2) is 4.79 Å². The van der Waals surface area contributed by atoms with Crippen molar-refractivity contribution in [2.45, 2.75) is 88.3 Å². The predicted molar refractivity (Wildman–Crippen MR) is 94.1 cm³/mol. The maximum Gasteiger partial charge on any atom is 0.322 e. The number of imide groups is 1. The molecule has 0 bridgehead atoms. The van der Waals surface area contributed by atoms with Gasteiger partial charge in [0.25, 0.3) is 5.91 Å². The van der Waals surface area contributed by atoms with Crippen LogP contribution in [0, 0.1) is 0 Å². The summed E-state index contributed by atoms with van der Waals surface area (Å²) in [5.74, 6) is -0.986. The topological polar surface area (TPSA) is 116 Å². The van der Waals surface area contributed by atoms with Crippen LogP contribution in [0.15, 0.2) is 0 Å². The SMILES string of the molecule is O=C(C[C@@H]1NC(=O)NC1=O)NC1(C(=O)NC2CCCCC2)CCCCC1. The highest BCUT2D eigenvalue weighted by Crippen LogP contribution is 2.29. The molecule has 1 heterocycles. The van der Waals surface area contributed by atoms with Crippen LogP contribution in [-0.2, 0) is 14.4 Å². The lowest BCUT2D eigenvalue weighted by Crippen LogP contribution is -2.61. The van der Waals surface area contributed by atoms with Gasteiger partial charge in [-0.1, -0.05) is 38.5 Å². The van der Waals surface area contributed by atoms with Crippen LogP contribution in [0.5, 0.6) is 0 Å². The Balaban J connectivity index is 1.62. The third-order valence-corrected chi connectivity index (χ3v) is 5.71. The summed E-state index contributed by atoms with van der Waals surface area (Å²) in [4.78, 5) is 48.3. The first-order valence-electron chi connectivity index (χ1n) is 9.72. The van der Waals surface area contributed by atoms with Gasteiger partial charge < -0.3 is 16.0 Å². The molecule has 1 saturated heterocycles. The lowest BCUT2D eigenvalue weighted by atomic mass is 9.80. The molecule has 1 atom stereocenters. The van der Waals surface area contributed by atoms with Crippen molar-refractivity contribution in [1.29, 1.82) is 0 Å². The Bertz CT molecular complexity index is 580. The molecule has 8 nitrogen and oxygen atoms in total. The summed E-state index contributed by atoms with van der Waals surface area (Å²) >= 11 is 0. The van der Waals surface area contributed by atoms with Crippen molar-refractivity contribution in [2.24, 2.45) is 0 Å². The van der Waals surface area contributed by atoms with Gasteiger partial charge in [0.05, 0.1) is 6.42 Å². The summed E-state index contributed by atoms with van der Waals surface area (Å²) < 4.78 is 0. The molecule has 3 fully saturated rings. The fraction of sp³-hybridized carbons (Fsp3) is 0.778. The number of urea groups is 1. The van der Waals surface area contributed by atoms with E-state index in [1.807, 2.05) is 0 Å². The maximum atomic E-state index is 13.0. The number of nitrogens with one attached hydrogen (secondary N) is 4. The van der Waals surface area contributed by atoms with E-state index in [0.29, 0.717) is 12.8 Å². The first-order chi connectivity index (χ1) is 12.5. The summed E-state index contributed by atoms with van der Waals surface area (Å²) in [5, 5.41) is 10.6. The van der Waals surface area contributed by atoms with Crippen LogP contribution < -0.4 is 21.3 Å². The first-order valence-corrected chi connectivity index (χ1v) is 9.72. The molecule has 3 rings (SSSR count). The van der Waals surface area contributed by atoms with Gasteiger partial charge in [-0.2, -0.15) is 0 Å². The fourth-order valence-corrected chi connectivity index (χ4v) is 4.24. The number of hydrogen-bond acceptors (Lipinski definition) is 4. The Hall–Kier alpha value is -2.12. The van der Waals surface area contributed by atoms with Gasteiger partial charge in [0.1, 0.15) is 11.6 Å². The zero-order chi connectivity index (χ0) is 18.6. The normalized spacial score (nSPS) is 25.9. The van der Waals surface area contributed by atoms with Crippen LogP contribution in [0.4, 0.5) is 4.79 Å². The Morgan fingerprint density at radius 3 is 2.27 bits per heavy atom. The van der Waals surface area contributed by atoms with Crippen molar-refractivity contribution < 1.29 is 19.2 Å². The quantitative estimate of drug-likeness (QED) is 0.541. The minimum atomic E-state index is -0.897. The van der Waals surface area contributed by atoms with Crippen molar-refractivity contribution >= 4 is 23.8 Å². The third-order valence-electron chi connectivity index (χ3n) is 5.71. The number of carbonyl (C=O) groups excluding carboxylic acids is 4. The highest BCUT2D eigenvalue weighted by molar-refractivity contribution is 6.06. The Morgan fingerprint density at radius 2 is 1.65 bits per heavy atom. The van der Waals surface area contributed by atoms with E-state index in [1.165, 1.54) is 6.42 Å². The van der Waals surface area contributed by atoms with Crippen LogP contribution >= 0.6 is 0 Å². The smallest absolute Gasteiger partial charge is 0.322 e. The van der Waals surface area contributed by atoms with E-state index >= 15 is 0 Å². The fourth-order valence-electron chi connectivity index (χ4n) is 4.24. The zero-order valence-corrected chi connectivity index (χ0v) is 15.1. The van der Waals surface area contributed by atoms with Gasteiger partial charge in [0.15, 0.2) is 0 Å². The molecule has 2 saturated carbocycles. The standard InChI is InChI=1S/C18H28N4O4/c23-14(11-13-15(24)21-17(26)20-13)22-18(9-5-2-6-10-18)16(25)19-12-7-3-1-4-8-12/h12-13H,1-11H2,(H,19,25)(H,22,23)(H2,20,21,24,26)/t13-/m0/s1. The van der Waals surface area contributed by atoms with Crippen LogP contribution in [0.3, 0.4) is 0 Å². The molecule has 1 aliphatic heterocycles. The van der Waals surface area contributed by atoms with Crippen LogP contribution in [0.2, 0.25) is 0 Å². The van der Waals surface area contributed by atoms with Gasteiger partial charge in [-0.05, 0) is 25.7 Å². The van der Waals surface area contributed by atoms with Gasteiger partial charge in [0, 0.05) is 6.04 Å². The molecule has 5 amide bonds. The summed E-state index contributed by atoms with van der Waals surface area (Å²) in [7, 11) is 0. The van der Waals surface area contributed by atoms with Gasteiger partial charge in [-0.3, -0.25) is 19.7 Å². The van der Waals surface area contributed by atoms with E-state index in [4.69, 9.17) is 0 Å². The highest BCUT2D eigenvalue weighted by atomic mass is 16.2. The average Bonchev–Trinajstić information content (AvgIpc) is 2.93. The second-order valence-corrected chi connectivity index (χ2v) is 7.72. The molecule has 0 aromatic rings. The Kier molecular flexibility index (Phi) is 5.78. The minimum Gasteiger partial charge on any atom is -0.351 e. The minimum absolute atomic E-state index is 0.0997. The van der Waals surface area contributed by atoms with E-state index in [0.717, 1.165) is 44.9 Å². The molecular formula is C18H28N4O4. The number of amides is 5. The van der Waals surface area contributed by atoms with Crippen LogP contribution in [0.25, 0.3) is 0 Å². The molecule has 0 aromatic carbocycles. The molecule has 26 heavy (non-hydrogen) atoms.